The molecule has 0 spiro atoms. The van der Waals surface area contributed by atoms with E-state index in [1.165, 1.54) is 11.3 Å². The van der Waals surface area contributed by atoms with Crippen molar-refractivity contribution in [2.45, 2.75) is 13.0 Å². The zero-order valence-corrected chi connectivity index (χ0v) is 17.0. The number of thiazole rings is 1. The van der Waals surface area contributed by atoms with Crippen molar-refractivity contribution in [1.29, 1.82) is 0 Å². The number of anilines is 1. The Labute approximate surface area is 168 Å². The van der Waals surface area contributed by atoms with Crippen LogP contribution in [0.2, 0.25) is 0 Å². The Hall–Kier alpha value is -2.64. The van der Waals surface area contributed by atoms with Gasteiger partial charge >= 0.3 is 0 Å². The number of likely N-dealkylation sites (N-methyl/N-ethyl adjacent to an activating group) is 1. The number of carbonyl (C=O) groups is 1. The number of ether oxygens (including phenoxy) is 2. The molecule has 1 aromatic heterocycles. The molecule has 1 amide bonds. The SMILES string of the molecule is Cc1cccc2sc(N(CCN(C)C)C(=O)[C@H]3COc4ccccc4O3)nc12. The first-order valence-corrected chi connectivity index (χ1v) is 10.1. The van der Waals surface area contributed by atoms with E-state index < -0.39 is 6.10 Å². The summed E-state index contributed by atoms with van der Waals surface area (Å²) in [5.41, 5.74) is 2.04. The Morgan fingerprint density at radius 3 is 2.68 bits per heavy atom. The third kappa shape index (κ3) is 3.68. The summed E-state index contributed by atoms with van der Waals surface area (Å²) in [5, 5.41) is 0.693. The van der Waals surface area contributed by atoms with Crippen LogP contribution in [-0.4, -0.2) is 55.7 Å². The summed E-state index contributed by atoms with van der Waals surface area (Å²) in [4.78, 5) is 21.9. The third-order valence-electron chi connectivity index (χ3n) is 4.66. The lowest BCUT2D eigenvalue weighted by molar-refractivity contribution is -0.127. The topological polar surface area (TPSA) is 54.9 Å². The van der Waals surface area contributed by atoms with Crippen LogP contribution in [0, 0.1) is 6.92 Å². The van der Waals surface area contributed by atoms with Crippen LogP contribution < -0.4 is 14.4 Å². The largest absolute Gasteiger partial charge is 0.485 e. The van der Waals surface area contributed by atoms with Crippen LogP contribution in [-0.2, 0) is 4.79 Å². The summed E-state index contributed by atoms with van der Waals surface area (Å²) in [6.45, 7) is 3.49. The summed E-state index contributed by atoms with van der Waals surface area (Å²) >= 11 is 1.53. The van der Waals surface area contributed by atoms with Crippen LogP contribution >= 0.6 is 11.3 Å². The predicted octanol–water partition coefficient (Wildman–Crippen LogP) is 3.34. The average Bonchev–Trinajstić information content (AvgIpc) is 3.12. The van der Waals surface area contributed by atoms with E-state index in [2.05, 4.69) is 0 Å². The van der Waals surface area contributed by atoms with Crippen molar-refractivity contribution in [2.75, 3.05) is 38.7 Å². The number of aryl methyl sites for hydroxylation is 1. The highest BCUT2D eigenvalue weighted by Gasteiger charge is 2.33. The monoisotopic (exact) mass is 397 g/mol. The maximum absolute atomic E-state index is 13.4. The molecule has 1 aliphatic rings. The molecule has 1 atom stereocenters. The fraction of sp³-hybridized carbons (Fsp3) is 0.333. The maximum Gasteiger partial charge on any atom is 0.273 e. The minimum Gasteiger partial charge on any atom is -0.485 e. The molecular weight excluding hydrogens is 374 g/mol. The number of rotatable bonds is 5. The van der Waals surface area contributed by atoms with E-state index in [-0.39, 0.29) is 12.5 Å². The Morgan fingerprint density at radius 2 is 1.93 bits per heavy atom. The van der Waals surface area contributed by atoms with E-state index in [9.17, 15) is 4.79 Å². The highest BCUT2D eigenvalue weighted by molar-refractivity contribution is 7.22. The van der Waals surface area contributed by atoms with Gasteiger partial charge in [-0.15, -0.1) is 0 Å². The van der Waals surface area contributed by atoms with Crippen LogP contribution in [0.1, 0.15) is 5.56 Å². The molecule has 6 nitrogen and oxygen atoms in total. The number of carbonyl (C=O) groups excluding carboxylic acids is 1. The Kier molecular flexibility index (Phi) is 5.19. The molecule has 0 radical (unpaired) electrons. The fourth-order valence-corrected chi connectivity index (χ4v) is 4.18. The number of benzene rings is 2. The quantitative estimate of drug-likeness (QED) is 0.661. The number of fused-ring (bicyclic) bond motifs is 2. The molecule has 28 heavy (non-hydrogen) atoms. The van der Waals surface area contributed by atoms with Crippen LogP contribution in [0.15, 0.2) is 42.5 Å². The van der Waals surface area contributed by atoms with Crippen LogP contribution in [0.4, 0.5) is 5.13 Å². The second kappa shape index (κ2) is 7.77. The van der Waals surface area contributed by atoms with Gasteiger partial charge in [-0.05, 0) is 44.8 Å². The van der Waals surface area contributed by atoms with Crippen molar-refractivity contribution < 1.29 is 14.3 Å². The van der Waals surface area contributed by atoms with E-state index in [1.807, 2.05) is 68.4 Å². The number of hydrogen-bond donors (Lipinski definition) is 0. The summed E-state index contributed by atoms with van der Waals surface area (Å²) in [5.74, 6) is 1.13. The number of hydrogen-bond acceptors (Lipinski definition) is 6. The fourth-order valence-electron chi connectivity index (χ4n) is 3.11. The zero-order chi connectivity index (χ0) is 19.7. The normalized spacial score (nSPS) is 15.8. The van der Waals surface area contributed by atoms with Crippen molar-refractivity contribution in [3.05, 3.63) is 48.0 Å². The molecular formula is C21H23N3O3S. The van der Waals surface area contributed by atoms with Crippen LogP contribution in [0.25, 0.3) is 10.2 Å². The lowest BCUT2D eigenvalue weighted by atomic mass is 10.2. The van der Waals surface area contributed by atoms with Crippen molar-refractivity contribution in [1.82, 2.24) is 9.88 Å². The number of aromatic nitrogens is 1. The second-order valence-corrected chi connectivity index (χ2v) is 8.08. The second-order valence-electron chi connectivity index (χ2n) is 7.08. The Bertz CT molecular complexity index is 1000. The van der Waals surface area contributed by atoms with E-state index >= 15 is 0 Å². The number of amides is 1. The molecule has 4 rings (SSSR count). The van der Waals surface area contributed by atoms with Gasteiger partial charge in [0.1, 0.15) is 6.61 Å². The lowest BCUT2D eigenvalue weighted by Gasteiger charge is -2.30. The lowest BCUT2D eigenvalue weighted by Crippen LogP contribution is -2.48. The van der Waals surface area contributed by atoms with Gasteiger partial charge in [0.05, 0.1) is 10.2 Å². The molecule has 0 fully saturated rings. The molecule has 2 aromatic carbocycles. The van der Waals surface area contributed by atoms with Gasteiger partial charge in [-0.2, -0.15) is 0 Å². The molecule has 0 saturated carbocycles. The van der Waals surface area contributed by atoms with Crippen LogP contribution in [0.3, 0.4) is 0 Å². The van der Waals surface area contributed by atoms with E-state index in [0.29, 0.717) is 23.2 Å². The van der Waals surface area contributed by atoms with Crippen molar-refractivity contribution in [3.8, 4) is 11.5 Å². The Balaban J connectivity index is 1.63. The molecule has 146 valence electrons. The first-order valence-electron chi connectivity index (χ1n) is 9.23. The van der Waals surface area contributed by atoms with Crippen molar-refractivity contribution in [3.63, 3.8) is 0 Å². The minimum atomic E-state index is -0.690. The molecule has 0 unspecified atom stereocenters. The van der Waals surface area contributed by atoms with Gasteiger partial charge in [0.25, 0.3) is 5.91 Å². The molecule has 2 heterocycles. The molecule has 3 aromatic rings. The van der Waals surface area contributed by atoms with Gasteiger partial charge in [-0.1, -0.05) is 35.6 Å². The zero-order valence-electron chi connectivity index (χ0n) is 16.2. The van der Waals surface area contributed by atoms with Gasteiger partial charge in [0.15, 0.2) is 16.6 Å². The average molecular weight is 398 g/mol. The van der Waals surface area contributed by atoms with Crippen molar-refractivity contribution in [2.24, 2.45) is 0 Å². The molecule has 0 saturated heterocycles. The third-order valence-corrected chi connectivity index (χ3v) is 5.70. The first-order chi connectivity index (χ1) is 13.5. The summed E-state index contributed by atoms with van der Waals surface area (Å²) in [6, 6.07) is 13.5. The molecule has 1 aliphatic heterocycles. The van der Waals surface area contributed by atoms with Gasteiger partial charge in [0, 0.05) is 13.1 Å². The van der Waals surface area contributed by atoms with Gasteiger partial charge in [0.2, 0.25) is 6.10 Å². The highest BCUT2D eigenvalue weighted by Crippen LogP contribution is 2.34. The summed E-state index contributed by atoms with van der Waals surface area (Å²) < 4.78 is 12.8. The van der Waals surface area contributed by atoms with Crippen molar-refractivity contribution >= 4 is 32.6 Å². The van der Waals surface area contributed by atoms with Gasteiger partial charge < -0.3 is 14.4 Å². The van der Waals surface area contributed by atoms with E-state index in [0.717, 1.165) is 22.3 Å². The number of para-hydroxylation sites is 3. The number of nitrogens with zero attached hydrogens (tertiary/aromatic N) is 3. The molecule has 7 heteroatoms. The molecule has 0 aliphatic carbocycles. The predicted molar refractivity (Wildman–Crippen MR) is 112 cm³/mol. The minimum absolute atomic E-state index is 0.131. The molecule has 0 N–H and O–H groups in total. The smallest absolute Gasteiger partial charge is 0.273 e. The Morgan fingerprint density at radius 1 is 1.14 bits per heavy atom. The summed E-state index contributed by atoms with van der Waals surface area (Å²) in [7, 11) is 3.98. The standard InChI is InChI=1S/C21H23N3O3S/c1-14-7-6-10-18-19(14)22-21(28-18)24(12-11-23(2)3)20(25)17-13-26-15-8-4-5-9-16(15)27-17/h4-10,17H,11-13H2,1-3H3/t17-/m1/s1. The highest BCUT2D eigenvalue weighted by atomic mass is 32.1. The molecule has 0 bridgehead atoms. The van der Waals surface area contributed by atoms with E-state index in [1.54, 1.807) is 4.90 Å². The first kappa shape index (κ1) is 18.7. The van der Waals surface area contributed by atoms with Gasteiger partial charge in [-0.25, -0.2) is 4.98 Å². The summed E-state index contributed by atoms with van der Waals surface area (Å²) in [6.07, 6.45) is -0.690. The van der Waals surface area contributed by atoms with Gasteiger partial charge in [-0.3, -0.25) is 9.69 Å². The van der Waals surface area contributed by atoms with Crippen LogP contribution in [0.5, 0.6) is 11.5 Å². The maximum atomic E-state index is 13.4. The van der Waals surface area contributed by atoms with E-state index in [4.69, 9.17) is 14.5 Å².